The number of ether oxygens (including phenoxy) is 2. The van der Waals surface area contributed by atoms with Crippen LogP contribution in [0.1, 0.15) is 43.0 Å². The van der Waals surface area contributed by atoms with E-state index in [0.717, 1.165) is 32.4 Å². The second kappa shape index (κ2) is 10.8. The number of quaternary nitrogens is 1. The Kier molecular flexibility index (Phi) is 7.89. The first-order valence-corrected chi connectivity index (χ1v) is 10.9. The molecule has 2 amide bonds. The first-order chi connectivity index (χ1) is 15.0. The molecule has 1 heterocycles. The molecule has 0 aliphatic carbocycles. The maximum absolute atomic E-state index is 13.0. The average molecular weight is 427 g/mol. The minimum absolute atomic E-state index is 0.131. The molecule has 1 aliphatic rings. The lowest BCUT2D eigenvalue weighted by atomic mass is 10.1. The largest absolute Gasteiger partial charge is 0.497 e. The summed E-state index contributed by atoms with van der Waals surface area (Å²) in [4.78, 5) is 25.4. The average Bonchev–Trinajstić information content (AvgIpc) is 2.79. The van der Waals surface area contributed by atoms with Crippen LogP contribution in [0.2, 0.25) is 0 Å². The second-order valence-electron chi connectivity index (χ2n) is 7.93. The molecule has 3 rings (SSSR count). The van der Waals surface area contributed by atoms with E-state index in [1.165, 1.54) is 0 Å². The Balaban J connectivity index is 1.66. The van der Waals surface area contributed by atoms with Gasteiger partial charge < -0.3 is 9.47 Å². The molecule has 2 N–H and O–H groups in total. The van der Waals surface area contributed by atoms with E-state index in [1.54, 1.807) is 31.4 Å². The number of benzene rings is 2. The van der Waals surface area contributed by atoms with Gasteiger partial charge in [-0.25, -0.2) is 9.39 Å². The van der Waals surface area contributed by atoms with Gasteiger partial charge in [-0.05, 0) is 62.1 Å². The normalized spacial score (nSPS) is 16.1. The molecule has 1 fully saturated rings. The van der Waals surface area contributed by atoms with Crippen molar-refractivity contribution in [3.63, 3.8) is 0 Å². The van der Waals surface area contributed by atoms with Gasteiger partial charge in [0.1, 0.15) is 25.4 Å². The van der Waals surface area contributed by atoms with Crippen molar-refractivity contribution < 1.29 is 23.7 Å². The van der Waals surface area contributed by atoms with Gasteiger partial charge in [0.25, 0.3) is 5.91 Å². The molecule has 7 heteroatoms. The predicted molar refractivity (Wildman–Crippen MR) is 120 cm³/mol. The highest BCUT2D eigenvalue weighted by molar-refractivity contribution is 5.93. The second-order valence-corrected chi connectivity index (χ2v) is 7.93. The molecule has 1 saturated heterocycles. The molecule has 7 nitrogen and oxygen atoms in total. The number of para-hydroxylation sites is 1. The van der Waals surface area contributed by atoms with Crippen molar-refractivity contribution in [1.82, 2.24) is 5.43 Å². The standard InChI is InChI=1S/C24H31N3O4/c1-3-21(31-24(29)25-20-10-6-4-7-11-20)18-27(16-8-5-9-17-27)26-23(28)19-12-14-22(30-2)15-13-19/h4,6-7,10-15,21H,3,5,8-9,16-18H2,1-2H3,(H-,25,26,28,29)/p+1. The van der Waals surface area contributed by atoms with Crippen LogP contribution in [0.25, 0.3) is 0 Å². The number of nitrogens with zero attached hydrogens (tertiary/aromatic N) is 1. The number of amides is 2. The maximum Gasteiger partial charge on any atom is 0.412 e. The van der Waals surface area contributed by atoms with Crippen molar-refractivity contribution in [2.45, 2.75) is 38.7 Å². The topological polar surface area (TPSA) is 76.7 Å². The molecule has 0 bridgehead atoms. The zero-order valence-electron chi connectivity index (χ0n) is 18.3. The summed E-state index contributed by atoms with van der Waals surface area (Å²) >= 11 is 0. The first kappa shape index (κ1) is 22.6. The summed E-state index contributed by atoms with van der Waals surface area (Å²) in [5.41, 5.74) is 4.49. The minimum Gasteiger partial charge on any atom is -0.497 e. The summed E-state index contributed by atoms with van der Waals surface area (Å²) < 4.78 is 11.3. The molecule has 166 valence electrons. The zero-order valence-corrected chi connectivity index (χ0v) is 18.3. The quantitative estimate of drug-likeness (QED) is 0.615. The van der Waals surface area contributed by atoms with E-state index in [4.69, 9.17) is 9.47 Å². The molecule has 0 aromatic heterocycles. The number of nitrogens with one attached hydrogen (secondary N) is 2. The highest BCUT2D eigenvalue weighted by atomic mass is 16.6. The van der Waals surface area contributed by atoms with E-state index in [-0.39, 0.29) is 12.0 Å². The van der Waals surface area contributed by atoms with Gasteiger partial charge in [0.15, 0.2) is 6.10 Å². The van der Waals surface area contributed by atoms with Gasteiger partial charge in [0.2, 0.25) is 0 Å². The molecule has 0 radical (unpaired) electrons. The molecular weight excluding hydrogens is 394 g/mol. The fourth-order valence-corrected chi connectivity index (χ4v) is 3.94. The van der Waals surface area contributed by atoms with Gasteiger partial charge in [-0.15, -0.1) is 0 Å². The van der Waals surface area contributed by atoms with Crippen LogP contribution in [0.4, 0.5) is 10.5 Å². The Morgan fingerprint density at radius 3 is 2.29 bits per heavy atom. The third-order valence-electron chi connectivity index (χ3n) is 5.67. The number of anilines is 1. The Hall–Kier alpha value is -3.06. The lowest BCUT2D eigenvalue weighted by Crippen LogP contribution is -2.65. The summed E-state index contributed by atoms with van der Waals surface area (Å²) in [5, 5.41) is 2.77. The molecule has 2 aromatic rings. The fraction of sp³-hybridized carbons (Fsp3) is 0.417. The number of likely N-dealkylation sites (tertiary alicyclic amines) is 1. The molecule has 1 atom stereocenters. The van der Waals surface area contributed by atoms with Gasteiger partial charge in [0, 0.05) is 11.3 Å². The third kappa shape index (κ3) is 6.46. The fourth-order valence-electron chi connectivity index (χ4n) is 3.94. The van der Waals surface area contributed by atoms with Crippen LogP contribution in [0.15, 0.2) is 54.6 Å². The highest BCUT2D eigenvalue weighted by Gasteiger charge is 2.36. The summed E-state index contributed by atoms with van der Waals surface area (Å²) in [6.45, 7) is 4.18. The van der Waals surface area contributed by atoms with E-state index in [0.29, 0.717) is 34.6 Å². The van der Waals surface area contributed by atoms with Crippen LogP contribution in [0.3, 0.4) is 0 Å². The predicted octanol–water partition coefficient (Wildman–Crippen LogP) is 4.37. The van der Waals surface area contributed by atoms with E-state index in [9.17, 15) is 9.59 Å². The number of hydrogen-bond donors (Lipinski definition) is 2. The van der Waals surface area contributed by atoms with Crippen molar-refractivity contribution in [3.05, 3.63) is 60.2 Å². The van der Waals surface area contributed by atoms with Crippen molar-refractivity contribution in [3.8, 4) is 5.75 Å². The summed E-state index contributed by atoms with van der Waals surface area (Å²) in [7, 11) is 1.60. The smallest absolute Gasteiger partial charge is 0.412 e. The zero-order chi connectivity index (χ0) is 22.1. The van der Waals surface area contributed by atoms with Gasteiger partial charge in [-0.3, -0.25) is 10.1 Å². The Bertz CT molecular complexity index is 849. The number of piperidine rings is 1. The van der Waals surface area contributed by atoms with Crippen molar-refractivity contribution >= 4 is 17.7 Å². The van der Waals surface area contributed by atoms with Gasteiger partial charge >= 0.3 is 6.09 Å². The lowest BCUT2D eigenvalue weighted by Gasteiger charge is -2.41. The van der Waals surface area contributed by atoms with Crippen LogP contribution >= 0.6 is 0 Å². The number of carbonyl (C=O) groups excluding carboxylic acids is 2. The first-order valence-electron chi connectivity index (χ1n) is 10.9. The molecular formula is C24H32N3O4+. The van der Waals surface area contributed by atoms with Crippen LogP contribution in [0, 0.1) is 0 Å². The minimum atomic E-state index is -0.477. The van der Waals surface area contributed by atoms with E-state index < -0.39 is 6.09 Å². The van der Waals surface area contributed by atoms with Gasteiger partial charge in [0.05, 0.1) is 7.11 Å². The number of carbonyl (C=O) groups is 2. The van der Waals surface area contributed by atoms with Gasteiger partial charge in [-0.2, -0.15) is 5.43 Å². The van der Waals surface area contributed by atoms with Crippen molar-refractivity contribution in [2.75, 3.05) is 32.1 Å². The van der Waals surface area contributed by atoms with E-state index >= 15 is 0 Å². The van der Waals surface area contributed by atoms with Crippen molar-refractivity contribution in [1.29, 1.82) is 0 Å². The molecule has 1 aliphatic heterocycles. The van der Waals surface area contributed by atoms with Gasteiger partial charge in [-0.1, -0.05) is 25.1 Å². The van der Waals surface area contributed by atoms with E-state index in [1.807, 2.05) is 37.3 Å². The summed E-state index contributed by atoms with van der Waals surface area (Å²) in [6, 6.07) is 16.3. The SMILES string of the molecule is CCC(C[N+]1(NC(=O)c2ccc(OC)cc2)CCCCC1)OC(=O)Nc1ccccc1. The molecule has 0 saturated carbocycles. The Morgan fingerprint density at radius 1 is 1.00 bits per heavy atom. The van der Waals surface area contributed by atoms with Crippen LogP contribution in [-0.4, -0.2) is 49.4 Å². The highest BCUT2D eigenvalue weighted by Crippen LogP contribution is 2.20. The summed E-state index contributed by atoms with van der Waals surface area (Å²) in [5.74, 6) is 0.579. The Labute approximate surface area is 183 Å². The van der Waals surface area contributed by atoms with Crippen LogP contribution in [0.5, 0.6) is 5.75 Å². The lowest BCUT2D eigenvalue weighted by molar-refractivity contribution is -0.967. The monoisotopic (exact) mass is 426 g/mol. The number of rotatable bonds is 8. The molecule has 31 heavy (non-hydrogen) atoms. The third-order valence-corrected chi connectivity index (χ3v) is 5.67. The molecule has 2 aromatic carbocycles. The number of hydrogen-bond acceptors (Lipinski definition) is 4. The molecule has 1 unspecified atom stereocenters. The van der Waals surface area contributed by atoms with Crippen LogP contribution < -0.4 is 15.5 Å². The van der Waals surface area contributed by atoms with Crippen LogP contribution in [-0.2, 0) is 4.74 Å². The van der Waals surface area contributed by atoms with E-state index in [2.05, 4.69) is 10.7 Å². The Morgan fingerprint density at radius 2 is 1.68 bits per heavy atom. The summed E-state index contributed by atoms with van der Waals surface area (Å²) in [6.07, 6.45) is 3.07. The van der Waals surface area contributed by atoms with Crippen molar-refractivity contribution in [2.24, 2.45) is 0 Å². The number of methoxy groups -OCH3 is 1. The molecule has 0 spiro atoms. The maximum atomic E-state index is 13.0.